The highest BCUT2D eigenvalue weighted by molar-refractivity contribution is 6.04. The number of para-hydroxylation sites is 2. The predicted octanol–water partition coefficient (Wildman–Crippen LogP) is 2.88. The molecule has 0 aliphatic carbocycles. The molecule has 2 rings (SSSR count). The lowest BCUT2D eigenvalue weighted by Gasteiger charge is -2.11. The van der Waals surface area contributed by atoms with E-state index in [-0.39, 0.29) is 11.8 Å². The Morgan fingerprint density at radius 1 is 1.32 bits per heavy atom. The van der Waals surface area contributed by atoms with Gasteiger partial charge < -0.3 is 9.47 Å². The first-order valence-electron chi connectivity index (χ1n) is 6.36. The van der Waals surface area contributed by atoms with Crippen molar-refractivity contribution in [3.8, 4) is 0 Å². The highest BCUT2D eigenvalue weighted by Gasteiger charge is 2.17. The fourth-order valence-corrected chi connectivity index (χ4v) is 2.03. The Bertz CT molecular complexity index is 623. The van der Waals surface area contributed by atoms with E-state index >= 15 is 0 Å². The van der Waals surface area contributed by atoms with Crippen LogP contribution in [0.25, 0.3) is 11.0 Å². The number of benzene rings is 1. The van der Waals surface area contributed by atoms with Gasteiger partial charge in [-0.05, 0) is 26.0 Å². The number of carbonyl (C=O) groups excluding carboxylic acids is 1. The molecule has 4 heteroatoms. The summed E-state index contributed by atoms with van der Waals surface area (Å²) >= 11 is 0. The van der Waals surface area contributed by atoms with Crippen molar-refractivity contribution in [2.24, 2.45) is 0 Å². The van der Waals surface area contributed by atoms with E-state index in [1.165, 1.54) is 0 Å². The number of imidazole rings is 1. The highest BCUT2D eigenvalue weighted by Crippen LogP contribution is 2.21. The van der Waals surface area contributed by atoms with Gasteiger partial charge >= 0.3 is 0 Å². The number of rotatable bonds is 4. The van der Waals surface area contributed by atoms with Gasteiger partial charge in [-0.1, -0.05) is 12.1 Å². The summed E-state index contributed by atoms with van der Waals surface area (Å²) in [4.78, 5) is 18.5. The van der Waals surface area contributed by atoms with E-state index in [0.29, 0.717) is 5.82 Å². The Kier molecular flexibility index (Phi) is 3.69. The van der Waals surface area contributed by atoms with Crippen molar-refractivity contribution < 1.29 is 4.79 Å². The molecule has 0 aliphatic heterocycles. The first kappa shape index (κ1) is 13.3. The number of nitrogens with zero attached hydrogens (tertiary/aromatic N) is 3. The van der Waals surface area contributed by atoms with Gasteiger partial charge in [-0.3, -0.25) is 4.79 Å². The van der Waals surface area contributed by atoms with Crippen LogP contribution in [0.2, 0.25) is 0 Å². The van der Waals surface area contributed by atoms with Gasteiger partial charge in [-0.15, -0.1) is 0 Å². The van der Waals surface area contributed by atoms with Crippen molar-refractivity contribution in [1.29, 1.82) is 0 Å². The van der Waals surface area contributed by atoms with Crippen molar-refractivity contribution in [1.82, 2.24) is 14.5 Å². The third-order valence-electron chi connectivity index (χ3n) is 2.86. The SMILES string of the molecule is CC(C)n1c(C(=O)/C=C/N(C)C)nc2ccccc21. The Morgan fingerprint density at radius 2 is 2.00 bits per heavy atom. The molecule has 1 aromatic carbocycles. The van der Waals surface area contributed by atoms with Crippen LogP contribution in [0.3, 0.4) is 0 Å². The first-order valence-corrected chi connectivity index (χ1v) is 6.36. The molecule has 0 amide bonds. The summed E-state index contributed by atoms with van der Waals surface area (Å²) in [6, 6.07) is 8.02. The molecule has 4 nitrogen and oxygen atoms in total. The van der Waals surface area contributed by atoms with Gasteiger partial charge in [0.15, 0.2) is 5.82 Å². The summed E-state index contributed by atoms with van der Waals surface area (Å²) in [5.41, 5.74) is 1.86. The van der Waals surface area contributed by atoms with Gasteiger partial charge in [0.25, 0.3) is 0 Å². The third kappa shape index (κ3) is 2.67. The maximum atomic E-state index is 12.2. The van der Waals surface area contributed by atoms with Gasteiger partial charge in [-0.25, -0.2) is 4.98 Å². The number of allylic oxidation sites excluding steroid dienone is 1. The normalized spacial score (nSPS) is 11.6. The molecule has 0 N–H and O–H groups in total. The maximum Gasteiger partial charge on any atom is 0.222 e. The van der Waals surface area contributed by atoms with E-state index in [4.69, 9.17) is 0 Å². The van der Waals surface area contributed by atoms with Crippen molar-refractivity contribution in [2.45, 2.75) is 19.9 Å². The second kappa shape index (κ2) is 5.26. The van der Waals surface area contributed by atoms with Gasteiger partial charge in [-0.2, -0.15) is 0 Å². The van der Waals surface area contributed by atoms with Gasteiger partial charge in [0, 0.05) is 32.4 Å². The quantitative estimate of drug-likeness (QED) is 0.624. The Balaban J connectivity index is 2.53. The molecule has 0 spiro atoms. The number of carbonyl (C=O) groups is 1. The zero-order chi connectivity index (χ0) is 14.0. The van der Waals surface area contributed by atoms with Crippen LogP contribution in [0.4, 0.5) is 0 Å². The largest absolute Gasteiger partial charge is 0.383 e. The molecule has 0 bridgehead atoms. The van der Waals surface area contributed by atoms with Crippen LogP contribution in [0, 0.1) is 0 Å². The standard InChI is InChI=1S/C15H19N3O/c1-11(2)18-13-8-6-5-7-12(13)16-15(18)14(19)9-10-17(3)4/h5-11H,1-4H3/b10-9+. The molecular formula is C15H19N3O. The second-order valence-corrected chi connectivity index (χ2v) is 5.03. The zero-order valence-corrected chi connectivity index (χ0v) is 11.8. The van der Waals surface area contributed by atoms with Crippen LogP contribution in [0.1, 0.15) is 30.5 Å². The molecule has 19 heavy (non-hydrogen) atoms. The van der Waals surface area contributed by atoms with Crippen LogP contribution in [0.15, 0.2) is 36.5 Å². The summed E-state index contributed by atoms with van der Waals surface area (Å²) in [5.74, 6) is 0.424. The van der Waals surface area contributed by atoms with E-state index in [2.05, 4.69) is 18.8 Å². The minimum absolute atomic E-state index is 0.0707. The number of hydrogen-bond acceptors (Lipinski definition) is 3. The lowest BCUT2D eigenvalue weighted by molar-refractivity contribution is 0.103. The molecule has 0 saturated carbocycles. The molecule has 0 atom stereocenters. The number of aromatic nitrogens is 2. The molecule has 1 aromatic heterocycles. The van der Waals surface area contributed by atoms with Crippen molar-refractivity contribution in [3.63, 3.8) is 0 Å². The fourth-order valence-electron chi connectivity index (χ4n) is 2.03. The lowest BCUT2D eigenvalue weighted by atomic mass is 10.3. The fraction of sp³-hybridized carbons (Fsp3) is 0.333. The average molecular weight is 257 g/mol. The van der Waals surface area contributed by atoms with Crippen molar-refractivity contribution in [2.75, 3.05) is 14.1 Å². The molecular weight excluding hydrogens is 238 g/mol. The van der Waals surface area contributed by atoms with E-state index in [1.54, 1.807) is 12.3 Å². The Morgan fingerprint density at radius 3 is 2.63 bits per heavy atom. The van der Waals surface area contributed by atoms with Gasteiger partial charge in [0.05, 0.1) is 11.0 Å². The van der Waals surface area contributed by atoms with Crippen LogP contribution < -0.4 is 0 Å². The second-order valence-electron chi connectivity index (χ2n) is 5.03. The van der Waals surface area contributed by atoms with Crippen molar-refractivity contribution in [3.05, 3.63) is 42.4 Å². The van der Waals surface area contributed by atoms with Crippen LogP contribution in [-0.2, 0) is 0 Å². The summed E-state index contributed by atoms with van der Waals surface area (Å²) in [6.45, 7) is 4.11. The molecule has 0 aliphatic rings. The minimum atomic E-state index is -0.0707. The topological polar surface area (TPSA) is 38.1 Å². The third-order valence-corrected chi connectivity index (χ3v) is 2.86. The monoisotopic (exact) mass is 257 g/mol. The molecule has 1 heterocycles. The molecule has 0 saturated heterocycles. The smallest absolute Gasteiger partial charge is 0.222 e. The Hall–Kier alpha value is -2.10. The zero-order valence-electron chi connectivity index (χ0n) is 11.8. The lowest BCUT2D eigenvalue weighted by Crippen LogP contribution is -2.11. The van der Waals surface area contributed by atoms with Crippen LogP contribution in [-0.4, -0.2) is 34.3 Å². The first-order chi connectivity index (χ1) is 9.00. The molecule has 100 valence electrons. The van der Waals surface area contributed by atoms with Gasteiger partial charge in [0.1, 0.15) is 0 Å². The molecule has 0 fully saturated rings. The highest BCUT2D eigenvalue weighted by atomic mass is 16.1. The predicted molar refractivity (Wildman–Crippen MR) is 77.3 cm³/mol. The summed E-state index contributed by atoms with van der Waals surface area (Å²) in [5, 5.41) is 0. The van der Waals surface area contributed by atoms with Crippen LogP contribution in [0.5, 0.6) is 0 Å². The number of hydrogen-bond donors (Lipinski definition) is 0. The van der Waals surface area contributed by atoms with E-state index in [0.717, 1.165) is 11.0 Å². The summed E-state index contributed by atoms with van der Waals surface area (Å²) in [6.07, 6.45) is 3.30. The summed E-state index contributed by atoms with van der Waals surface area (Å²) < 4.78 is 1.98. The molecule has 0 radical (unpaired) electrons. The van der Waals surface area contributed by atoms with Crippen molar-refractivity contribution >= 4 is 16.8 Å². The minimum Gasteiger partial charge on any atom is -0.383 e. The average Bonchev–Trinajstić information content (AvgIpc) is 2.75. The van der Waals surface area contributed by atoms with Crippen LogP contribution >= 0.6 is 0 Å². The number of ketones is 1. The van der Waals surface area contributed by atoms with Gasteiger partial charge in [0.2, 0.25) is 5.78 Å². The van der Waals surface area contributed by atoms with E-state index in [1.807, 2.05) is 47.8 Å². The molecule has 2 aromatic rings. The van der Waals surface area contributed by atoms with E-state index < -0.39 is 0 Å². The van der Waals surface area contributed by atoms with E-state index in [9.17, 15) is 4.79 Å². The molecule has 0 unspecified atom stereocenters. The Labute approximate surface area is 113 Å². The number of fused-ring (bicyclic) bond motifs is 1. The maximum absolute atomic E-state index is 12.2. The summed E-state index contributed by atoms with van der Waals surface area (Å²) in [7, 11) is 3.77.